The van der Waals surface area contributed by atoms with Gasteiger partial charge >= 0.3 is 5.97 Å². The topological polar surface area (TPSA) is 59.3 Å². The van der Waals surface area contributed by atoms with Crippen LogP contribution in [0.15, 0.2) is 42.5 Å². The van der Waals surface area contributed by atoms with Gasteiger partial charge in [0.05, 0.1) is 17.6 Å². The van der Waals surface area contributed by atoms with Crippen LogP contribution in [0.1, 0.15) is 16.7 Å². The highest BCUT2D eigenvalue weighted by atomic mass is 35.5. The number of ether oxygens (including phenoxy) is 2. The summed E-state index contributed by atoms with van der Waals surface area (Å²) in [5.41, 5.74) is 2.11. The lowest BCUT2D eigenvalue weighted by molar-refractivity contribution is -0.151. The molecular formula is C18H14ClNO3. The fourth-order valence-corrected chi connectivity index (χ4v) is 2.73. The first-order valence-corrected chi connectivity index (χ1v) is 7.61. The van der Waals surface area contributed by atoms with Crippen molar-refractivity contribution in [3.8, 4) is 11.8 Å². The van der Waals surface area contributed by atoms with Crippen molar-refractivity contribution < 1.29 is 14.3 Å². The van der Waals surface area contributed by atoms with Crippen LogP contribution in [0.2, 0.25) is 5.02 Å². The van der Waals surface area contributed by atoms with E-state index in [2.05, 4.69) is 6.07 Å². The highest BCUT2D eigenvalue weighted by Crippen LogP contribution is 2.30. The molecule has 1 heterocycles. The number of hydrogen-bond acceptors (Lipinski definition) is 4. The van der Waals surface area contributed by atoms with Gasteiger partial charge in [0.15, 0.2) is 0 Å². The molecule has 5 heteroatoms. The van der Waals surface area contributed by atoms with E-state index in [1.807, 2.05) is 12.1 Å². The van der Waals surface area contributed by atoms with E-state index >= 15 is 0 Å². The quantitative estimate of drug-likeness (QED) is 0.809. The lowest BCUT2D eigenvalue weighted by Gasteiger charge is -2.24. The number of fused-ring (bicyclic) bond motifs is 1. The van der Waals surface area contributed by atoms with Crippen molar-refractivity contribution in [3.63, 3.8) is 0 Å². The fraction of sp³-hybridized carbons (Fsp3) is 0.222. The van der Waals surface area contributed by atoms with Crippen LogP contribution in [0.3, 0.4) is 0 Å². The Labute approximate surface area is 139 Å². The molecule has 0 aromatic heterocycles. The van der Waals surface area contributed by atoms with Gasteiger partial charge in [0.2, 0.25) is 0 Å². The minimum Gasteiger partial charge on any atom is -0.492 e. The number of hydrogen-bond donors (Lipinski definition) is 0. The lowest BCUT2D eigenvalue weighted by Crippen LogP contribution is -2.29. The van der Waals surface area contributed by atoms with Crippen molar-refractivity contribution in [2.45, 2.75) is 13.0 Å². The number of halogens is 1. The van der Waals surface area contributed by atoms with Crippen LogP contribution in [0.25, 0.3) is 0 Å². The third kappa shape index (κ3) is 3.46. The van der Waals surface area contributed by atoms with Gasteiger partial charge < -0.3 is 9.47 Å². The standard InChI is InChI=1S/C18H14ClNO3/c19-16-5-6-17-14(8-16)7-15(11-22-17)18(21)23-10-13-4-2-1-3-12(13)9-20/h1-6,8,15H,7,10-11H2/t15-/m0/s1. The predicted octanol–water partition coefficient (Wildman–Crippen LogP) is 3.51. The smallest absolute Gasteiger partial charge is 0.313 e. The van der Waals surface area contributed by atoms with Crippen molar-refractivity contribution in [1.29, 1.82) is 5.26 Å². The number of benzene rings is 2. The van der Waals surface area contributed by atoms with Crippen molar-refractivity contribution in [2.75, 3.05) is 6.61 Å². The molecule has 0 fully saturated rings. The Bertz CT molecular complexity index is 782. The molecule has 1 atom stereocenters. The van der Waals surface area contributed by atoms with Gasteiger partial charge in [-0.25, -0.2) is 0 Å². The predicted molar refractivity (Wildman–Crippen MR) is 85.1 cm³/mol. The minimum absolute atomic E-state index is 0.0848. The lowest BCUT2D eigenvalue weighted by atomic mass is 9.97. The Kier molecular flexibility index (Phi) is 4.50. The highest BCUT2D eigenvalue weighted by molar-refractivity contribution is 6.30. The first kappa shape index (κ1) is 15.4. The van der Waals surface area contributed by atoms with Gasteiger partial charge in [-0.15, -0.1) is 0 Å². The van der Waals surface area contributed by atoms with E-state index < -0.39 is 0 Å². The van der Waals surface area contributed by atoms with Crippen LogP contribution in [0.4, 0.5) is 0 Å². The molecule has 116 valence electrons. The molecule has 0 unspecified atom stereocenters. The maximum atomic E-state index is 12.2. The van der Waals surface area contributed by atoms with E-state index in [4.69, 9.17) is 26.3 Å². The van der Waals surface area contributed by atoms with Crippen LogP contribution in [0, 0.1) is 17.2 Å². The molecule has 1 aliphatic heterocycles. The number of esters is 1. The number of rotatable bonds is 3. The van der Waals surface area contributed by atoms with Crippen molar-refractivity contribution in [1.82, 2.24) is 0 Å². The molecule has 0 aliphatic carbocycles. The number of nitriles is 1. The maximum Gasteiger partial charge on any atom is 0.313 e. The van der Waals surface area contributed by atoms with Crippen molar-refractivity contribution in [3.05, 3.63) is 64.2 Å². The molecule has 1 aliphatic rings. The van der Waals surface area contributed by atoms with E-state index in [-0.39, 0.29) is 25.1 Å². The monoisotopic (exact) mass is 327 g/mol. The van der Waals surface area contributed by atoms with Crippen LogP contribution >= 0.6 is 11.6 Å². The first-order chi connectivity index (χ1) is 11.2. The van der Waals surface area contributed by atoms with Crippen LogP contribution in [-0.4, -0.2) is 12.6 Å². The molecule has 0 saturated carbocycles. The SMILES string of the molecule is N#Cc1ccccc1COC(=O)[C@@H]1COc2ccc(Cl)cc2C1. The fourth-order valence-electron chi connectivity index (χ4n) is 2.54. The van der Waals surface area contributed by atoms with Crippen molar-refractivity contribution in [2.24, 2.45) is 5.92 Å². The molecule has 0 amide bonds. The van der Waals surface area contributed by atoms with Gasteiger partial charge in [0, 0.05) is 10.6 Å². The molecule has 0 bridgehead atoms. The molecule has 23 heavy (non-hydrogen) atoms. The van der Waals surface area contributed by atoms with Crippen LogP contribution in [0.5, 0.6) is 5.75 Å². The van der Waals surface area contributed by atoms with Gasteiger partial charge in [-0.3, -0.25) is 4.79 Å². The summed E-state index contributed by atoms with van der Waals surface area (Å²) in [4.78, 5) is 12.2. The third-order valence-electron chi connectivity index (χ3n) is 3.77. The van der Waals surface area contributed by atoms with E-state index in [0.29, 0.717) is 22.6 Å². The maximum absolute atomic E-state index is 12.2. The average molecular weight is 328 g/mol. The molecule has 0 spiro atoms. The summed E-state index contributed by atoms with van der Waals surface area (Å²) in [5.74, 6) is 0.0619. The largest absolute Gasteiger partial charge is 0.492 e. The van der Waals surface area contributed by atoms with Gasteiger partial charge in [0.1, 0.15) is 19.0 Å². The Hall–Kier alpha value is -2.51. The zero-order chi connectivity index (χ0) is 16.2. The minimum atomic E-state index is -0.366. The number of nitrogens with zero attached hydrogens (tertiary/aromatic N) is 1. The van der Waals surface area contributed by atoms with Gasteiger partial charge in [-0.05, 0) is 36.2 Å². The van der Waals surface area contributed by atoms with Crippen LogP contribution < -0.4 is 4.74 Å². The summed E-state index contributed by atoms with van der Waals surface area (Å²) in [6.07, 6.45) is 0.536. The van der Waals surface area contributed by atoms with E-state index in [1.165, 1.54) is 0 Å². The Morgan fingerprint density at radius 3 is 3.00 bits per heavy atom. The first-order valence-electron chi connectivity index (χ1n) is 7.23. The number of carbonyl (C=O) groups excluding carboxylic acids is 1. The second-order valence-corrected chi connectivity index (χ2v) is 5.78. The zero-order valence-electron chi connectivity index (χ0n) is 12.3. The van der Waals surface area contributed by atoms with Crippen molar-refractivity contribution >= 4 is 17.6 Å². The summed E-state index contributed by atoms with van der Waals surface area (Å²) in [7, 11) is 0. The summed E-state index contributed by atoms with van der Waals surface area (Å²) in [5, 5.41) is 9.66. The molecule has 0 N–H and O–H groups in total. The second kappa shape index (κ2) is 6.72. The Morgan fingerprint density at radius 1 is 1.35 bits per heavy atom. The summed E-state index contributed by atoms with van der Waals surface area (Å²) < 4.78 is 10.9. The Balaban J connectivity index is 1.65. The Morgan fingerprint density at radius 2 is 2.17 bits per heavy atom. The molecule has 0 radical (unpaired) electrons. The molecule has 0 saturated heterocycles. The van der Waals surface area contributed by atoms with Crippen LogP contribution in [-0.2, 0) is 22.6 Å². The molecule has 2 aromatic carbocycles. The summed E-state index contributed by atoms with van der Waals surface area (Å²) in [6.45, 7) is 0.370. The normalized spacial score (nSPS) is 15.9. The van der Waals surface area contributed by atoms with E-state index in [9.17, 15) is 4.79 Å². The summed E-state index contributed by atoms with van der Waals surface area (Å²) in [6, 6.07) is 14.5. The molecule has 4 nitrogen and oxygen atoms in total. The third-order valence-corrected chi connectivity index (χ3v) is 4.01. The highest BCUT2D eigenvalue weighted by Gasteiger charge is 2.27. The van der Waals surface area contributed by atoms with E-state index in [0.717, 1.165) is 11.3 Å². The average Bonchev–Trinajstić information content (AvgIpc) is 2.59. The molecule has 2 aromatic rings. The second-order valence-electron chi connectivity index (χ2n) is 5.34. The van der Waals surface area contributed by atoms with Gasteiger partial charge in [-0.1, -0.05) is 29.8 Å². The van der Waals surface area contributed by atoms with E-state index in [1.54, 1.807) is 30.3 Å². The zero-order valence-corrected chi connectivity index (χ0v) is 13.0. The van der Waals surface area contributed by atoms with Gasteiger partial charge in [-0.2, -0.15) is 5.26 Å². The number of carbonyl (C=O) groups is 1. The van der Waals surface area contributed by atoms with Gasteiger partial charge in [0.25, 0.3) is 0 Å². The molecular weight excluding hydrogens is 314 g/mol. The molecule has 3 rings (SSSR count). The summed E-state index contributed by atoms with van der Waals surface area (Å²) >= 11 is 5.98.